The van der Waals surface area contributed by atoms with Gasteiger partial charge in [0.15, 0.2) is 6.61 Å². The molecule has 2 bridgehead atoms. The van der Waals surface area contributed by atoms with Crippen LogP contribution >= 0.6 is 11.3 Å². The van der Waals surface area contributed by atoms with E-state index in [0.29, 0.717) is 25.1 Å². The molecule has 1 aromatic heterocycles. The van der Waals surface area contributed by atoms with E-state index in [2.05, 4.69) is 16.0 Å². The summed E-state index contributed by atoms with van der Waals surface area (Å²) in [6, 6.07) is 13.1. The van der Waals surface area contributed by atoms with E-state index in [-0.39, 0.29) is 37.3 Å². The lowest BCUT2D eigenvalue weighted by Gasteiger charge is -2.31. The van der Waals surface area contributed by atoms with E-state index in [1.54, 1.807) is 38.2 Å². The van der Waals surface area contributed by atoms with Crippen molar-refractivity contribution >= 4 is 40.9 Å². The minimum Gasteiger partial charge on any atom is -0.484 e. The summed E-state index contributed by atoms with van der Waals surface area (Å²) in [6.45, 7) is 5.48. The summed E-state index contributed by atoms with van der Waals surface area (Å²) in [6.07, 6.45) is 1.20. The zero-order valence-electron chi connectivity index (χ0n) is 27.6. The van der Waals surface area contributed by atoms with Gasteiger partial charge in [-0.3, -0.25) is 24.0 Å². The number of likely N-dealkylation sites (N-methyl/N-ethyl adjacent to an activating group) is 1. The Kier molecular flexibility index (Phi) is 11.1. The number of hydrogen-bond donors (Lipinski definition) is 3. The molecule has 1 saturated heterocycles. The number of rotatable bonds is 5. The van der Waals surface area contributed by atoms with Crippen LogP contribution < -0.4 is 20.7 Å². The molecule has 0 aliphatic carbocycles. The zero-order valence-corrected chi connectivity index (χ0v) is 28.4. The third-order valence-corrected chi connectivity index (χ3v) is 9.48. The molecular weight excluding hydrogens is 632 g/mol. The Bertz CT molecular complexity index is 1630. The van der Waals surface area contributed by atoms with Gasteiger partial charge in [0, 0.05) is 31.0 Å². The van der Waals surface area contributed by atoms with Crippen molar-refractivity contribution in [1.82, 2.24) is 30.7 Å². The average molecular weight is 675 g/mol. The van der Waals surface area contributed by atoms with Crippen molar-refractivity contribution in [2.45, 2.75) is 70.7 Å². The van der Waals surface area contributed by atoms with Crippen LogP contribution in [0.15, 0.2) is 60.0 Å². The molecule has 0 spiro atoms. The van der Waals surface area contributed by atoms with Crippen LogP contribution in [0.5, 0.6) is 5.75 Å². The summed E-state index contributed by atoms with van der Waals surface area (Å²) >= 11 is 1.49. The van der Waals surface area contributed by atoms with Gasteiger partial charge < -0.3 is 30.5 Å². The number of aromatic nitrogens is 1. The number of ether oxygens (including phenoxy) is 1. The number of hydrogen-bond acceptors (Lipinski definition) is 8. The van der Waals surface area contributed by atoms with Gasteiger partial charge in [0.05, 0.1) is 12.2 Å². The summed E-state index contributed by atoms with van der Waals surface area (Å²) in [5.41, 5.74) is 2.46. The van der Waals surface area contributed by atoms with Gasteiger partial charge in [0.2, 0.25) is 23.6 Å². The van der Waals surface area contributed by atoms with Crippen molar-refractivity contribution < 1.29 is 28.7 Å². The molecule has 2 aromatic carbocycles. The molecule has 4 heterocycles. The summed E-state index contributed by atoms with van der Waals surface area (Å²) in [7, 11) is 1.66. The fraction of sp³-hybridized carbons (Fsp3) is 0.429. The highest BCUT2D eigenvalue weighted by Gasteiger charge is 2.39. The third kappa shape index (κ3) is 8.38. The SMILES string of the molecule is CC(C)[C@@H]1NC(=O)COc2ccc(cc2)C[C@@H](C(=O)N(C)Cc2csc(-c3ccccc3)n2)NC(=O)[C@H](C)NC(=O)[C@H]2CCCN2C1=O. The molecule has 0 radical (unpaired) electrons. The molecule has 0 saturated carbocycles. The van der Waals surface area contributed by atoms with Crippen molar-refractivity contribution in [3.05, 3.63) is 71.2 Å². The van der Waals surface area contributed by atoms with Gasteiger partial charge in [-0.1, -0.05) is 56.3 Å². The van der Waals surface area contributed by atoms with E-state index in [0.717, 1.165) is 21.8 Å². The van der Waals surface area contributed by atoms with Crippen LogP contribution in [0.4, 0.5) is 0 Å². The number of amides is 5. The predicted octanol–water partition coefficient (Wildman–Crippen LogP) is 2.52. The van der Waals surface area contributed by atoms with E-state index >= 15 is 0 Å². The zero-order chi connectivity index (χ0) is 34.4. The number of thiazole rings is 1. The van der Waals surface area contributed by atoms with Gasteiger partial charge >= 0.3 is 0 Å². The summed E-state index contributed by atoms with van der Waals surface area (Å²) < 4.78 is 5.70. The molecule has 0 unspecified atom stereocenters. The molecule has 1 fully saturated rings. The Hall–Kier alpha value is -4.78. The fourth-order valence-corrected chi connectivity index (χ4v) is 6.69. The Balaban J connectivity index is 1.36. The van der Waals surface area contributed by atoms with Crippen molar-refractivity contribution in [2.75, 3.05) is 20.2 Å². The fourth-order valence-electron chi connectivity index (χ4n) is 5.87. The first-order chi connectivity index (χ1) is 23.0. The monoisotopic (exact) mass is 674 g/mol. The topological polar surface area (TPSA) is 150 Å². The molecule has 3 N–H and O–H groups in total. The van der Waals surface area contributed by atoms with Gasteiger partial charge in [-0.05, 0) is 43.4 Å². The van der Waals surface area contributed by atoms with Crippen molar-refractivity contribution in [2.24, 2.45) is 5.92 Å². The highest BCUT2D eigenvalue weighted by atomic mass is 32.1. The Morgan fingerprint density at radius 2 is 1.75 bits per heavy atom. The van der Waals surface area contributed by atoms with E-state index in [4.69, 9.17) is 9.72 Å². The standard InChI is InChI=1S/C35H42N6O6S/c1-21(2)30-35(46)41-16-8-11-28(41)32(44)36-22(3)31(43)38-27(17-23-12-14-26(15-13-23)47-19-29(42)39-30)34(45)40(4)18-25-20-48-33(37-25)24-9-6-5-7-10-24/h5-7,9-10,12-15,20-22,27-28,30H,8,11,16-19H2,1-4H3,(H,36,44)(H,38,43)(H,39,42)/t22-,27-,28+,30-/m0/s1. The molecule has 3 aromatic rings. The summed E-state index contributed by atoms with van der Waals surface area (Å²) in [5, 5.41) is 11.1. The van der Waals surface area contributed by atoms with Gasteiger partial charge in [0.25, 0.3) is 5.91 Å². The van der Waals surface area contributed by atoms with Crippen LogP contribution in [0.2, 0.25) is 0 Å². The number of nitrogens with one attached hydrogen (secondary N) is 3. The molecule has 12 nitrogen and oxygen atoms in total. The molecule has 254 valence electrons. The van der Waals surface area contributed by atoms with Crippen LogP contribution in [0, 0.1) is 5.92 Å². The largest absolute Gasteiger partial charge is 0.484 e. The van der Waals surface area contributed by atoms with E-state index < -0.39 is 41.9 Å². The normalized spacial score (nSPS) is 22.5. The van der Waals surface area contributed by atoms with Gasteiger partial charge in [0.1, 0.15) is 34.9 Å². The first-order valence-electron chi connectivity index (χ1n) is 16.2. The van der Waals surface area contributed by atoms with E-state index in [9.17, 15) is 24.0 Å². The maximum Gasteiger partial charge on any atom is 0.258 e. The number of nitrogens with zero attached hydrogens (tertiary/aromatic N) is 3. The molecule has 3 aliphatic rings. The van der Waals surface area contributed by atoms with Crippen molar-refractivity contribution in [3.63, 3.8) is 0 Å². The second-order valence-corrected chi connectivity index (χ2v) is 13.5. The van der Waals surface area contributed by atoms with Crippen molar-refractivity contribution in [1.29, 1.82) is 0 Å². The number of fused-ring (bicyclic) bond motifs is 13. The molecular formula is C35H42N6O6S. The van der Waals surface area contributed by atoms with Crippen LogP contribution in [-0.2, 0) is 36.9 Å². The van der Waals surface area contributed by atoms with Crippen LogP contribution in [0.3, 0.4) is 0 Å². The predicted molar refractivity (Wildman–Crippen MR) is 181 cm³/mol. The highest BCUT2D eigenvalue weighted by Crippen LogP contribution is 2.24. The first kappa shape index (κ1) is 34.6. The number of carbonyl (C=O) groups is 5. The maximum absolute atomic E-state index is 13.9. The third-order valence-electron chi connectivity index (χ3n) is 8.54. The molecule has 13 heteroatoms. The molecule has 6 rings (SSSR count). The molecule has 4 atom stereocenters. The Labute approximate surface area is 284 Å². The number of benzene rings is 2. The second-order valence-electron chi connectivity index (χ2n) is 12.6. The van der Waals surface area contributed by atoms with Crippen molar-refractivity contribution in [3.8, 4) is 16.3 Å². The minimum atomic E-state index is -0.985. The first-order valence-corrected chi connectivity index (χ1v) is 17.0. The molecule has 5 amide bonds. The lowest BCUT2D eigenvalue weighted by atomic mass is 10.0. The minimum absolute atomic E-state index is 0.170. The molecule has 3 aliphatic heterocycles. The summed E-state index contributed by atoms with van der Waals surface area (Å²) in [5.74, 6) is -1.95. The lowest BCUT2D eigenvalue weighted by molar-refractivity contribution is -0.143. The highest BCUT2D eigenvalue weighted by molar-refractivity contribution is 7.13. The lowest BCUT2D eigenvalue weighted by Crippen LogP contribution is -2.58. The molecule has 48 heavy (non-hydrogen) atoms. The van der Waals surface area contributed by atoms with Crippen LogP contribution in [0.1, 0.15) is 44.9 Å². The van der Waals surface area contributed by atoms with Gasteiger partial charge in [-0.2, -0.15) is 0 Å². The Morgan fingerprint density at radius 1 is 1.02 bits per heavy atom. The summed E-state index contributed by atoms with van der Waals surface area (Å²) in [4.78, 5) is 74.9. The van der Waals surface area contributed by atoms with Crippen LogP contribution in [-0.4, -0.2) is 88.7 Å². The quantitative estimate of drug-likeness (QED) is 0.377. The Morgan fingerprint density at radius 3 is 2.46 bits per heavy atom. The smallest absolute Gasteiger partial charge is 0.258 e. The van der Waals surface area contributed by atoms with Crippen LogP contribution in [0.25, 0.3) is 10.6 Å². The second kappa shape index (κ2) is 15.4. The number of carbonyl (C=O) groups excluding carboxylic acids is 5. The van der Waals surface area contributed by atoms with Gasteiger partial charge in [-0.25, -0.2) is 4.98 Å². The van der Waals surface area contributed by atoms with Gasteiger partial charge in [-0.15, -0.1) is 11.3 Å². The maximum atomic E-state index is 13.9. The average Bonchev–Trinajstić information content (AvgIpc) is 3.76. The van der Waals surface area contributed by atoms with E-state index in [1.807, 2.05) is 49.6 Å². The van der Waals surface area contributed by atoms with E-state index in [1.165, 1.54) is 21.1 Å².